The fourth-order valence-corrected chi connectivity index (χ4v) is 4.15. The molecule has 0 aliphatic carbocycles. The smallest absolute Gasteiger partial charge is 0.444 e. The largest absolute Gasteiger partial charge is 0.470 e. The fourth-order valence-electron chi connectivity index (χ4n) is 4.15. The van der Waals surface area contributed by atoms with E-state index < -0.39 is 17.7 Å². The molecule has 0 N–H and O–H groups in total. The zero-order chi connectivity index (χ0) is 27.5. The number of benzene rings is 2. The Kier molecular flexibility index (Phi) is 7.75. The number of ether oxygens (including phenoxy) is 1. The molecule has 0 radical (unpaired) electrons. The number of nitrogens with zero attached hydrogens (tertiary/aromatic N) is 4. The van der Waals surface area contributed by atoms with Crippen molar-refractivity contribution in [1.82, 2.24) is 15.1 Å². The zero-order valence-electron chi connectivity index (χ0n) is 21.4. The number of likely N-dealkylation sites (tertiary alicyclic amines) is 1. The van der Waals surface area contributed by atoms with Crippen LogP contribution in [0.15, 0.2) is 59.0 Å². The molecule has 4 rings (SSSR count). The molecular formula is C27H29F3N4O4. The van der Waals surface area contributed by atoms with Crippen LogP contribution in [-0.4, -0.2) is 45.8 Å². The first kappa shape index (κ1) is 27.2. The van der Waals surface area contributed by atoms with Gasteiger partial charge < -0.3 is 19.0 Å². The molecule has 0 spiro atoms. The average molecular weight is 531 g/mol. The second-order valence-corrected chi connectivity index (χ2v) is 10.1. The maximum Gasteiger partial charge on any atom is 0.470 e. The van der Waals surface area contributed by atoms with Crippen LogP contribution in [0.3, 0.4) is 0 Å². The summed E-state index contributed by atoms with van der Waals surface area (Å²) in [6.07, 6.45) is -4.07. The van der Waals surface area contributed by atoms with Crippen molar-refractivity contribution in [1.29, 1.82) is 0 Å². The van der Waals surface area contributed by atoms with Crippen molar-refractivity contribution in [3.63, 3.8) is 0 Å². The Balaban J connectivity index is 1.46. The normalized spacial score (nSPS) is 14.8. The van der Waals surface area contributed by atoms with Crippen molar-refractivity contribution in [2.45, 2.75) is 51.9 Å². The van der Waals surface area contributed by atoms with E-state index in [0.717, 1.165) is 11.3 Å². The minimum Gasteiger partial charge on any atom is -0.444 e. The predicted molar refractivity (Wildman–Crippen MR) is 133 cm³/mol. The number of aromatic nitrogens is 2. The van der Waals surface area contributed by atoms with E-state index in [1.807, 2.05) is 51.1 Å². The van der Waals surface area contributed by atoms with E-state index >= 15 is 0 Å². The van der Waals surface area contributed by atoms with Crippen LogP contribution in [0.25, 0.3) is 11.5 Å². The highest BCUT2D eigenvalue weighted by atomic mass is 19.4. The number of hydrogen-bond acceptors (Lipinski definition) is 6. The molecule has 1 fully saturated rings. The number of piperidine rings is 1. The Morgan fingerprint density at radius 3 is 2.18 bits per heavy atom. The Morgan fingerprint density at radius 2 is 1.63 bits per heavy atom. The number of rotatable bonds is 5. The van der Waals surface area contributed by atoms with Gasteiger partial charge in [0, 0.05) is 30.3 Å². The second-order valence-electron chi connectivity index (χ2n) is 10.1. The molecule has 2 heterocycles. The third kappa shape index (κ3) is 6.70. The Bertz CT molecular complexity index is 1250. The van der Waals surface area contributed by atoms with Crippen LogP contribution in [0.5, 0.6) is 0 Å². The summed E-state index contributed by atoms with van der Waals surface area (Å²) in [5.41, 5.74) is 1.24. The Morgan fingerprint density at radius 1 is 1.00 bits per heavy atom. The van der Waals surface area contributed by atoms with E-state index in [1.165, 1.54) is 0 Å². The van der Waals surface area contributed by atoms with Crippen LogP contribution in [0, 0.1) is 5.92 Å². The van der Waals surface area contributed by atoms with Gasteiger partial charge in [-0.25, -0.2) is 4.79 Å². The highest BCUT2D eigenvalue weighted by Gasteiger charge is 2.38. The monoisotopic (exact) mass is 530 g/mol. The van der Waals surface area contributed by atoms with Gasteiger partial charge in [-0.15, -0.1) is 10.2 Å². The third-order valence-corrected chi connectivity index (χ3v) is 6.04. The van der Waals surface area contributed by atoms with Gasteiger partial charge >= 0.3 is 18.2 Å². The maximum absolute atomic E-state index is 13.6. The van der Waals surface area contributed by atoms with E-state index in [9.17, 15) is 22.8 Å². The summed E-state index contributed by atoms with van der Waals surface area (Å²) in [5.74, 6) is -1.98. The number of anilines is 1. The molecule has 202 valence electrons. The summed E-state index contributed by atoms with van der Waals surface area (Å²) >= 11 is 0. The molecule has 8 nitrogen and oxygen atoms in total. The predicted octanol–water partition coefficient (Wildman–Crippen LogP) is 5.94. The van der Waals surface area contributed by atoms with Crippen LogP contribution in [-0.2, 0) is 22.3 Å². The van der Waals surface area contributed by atoms with Crippen LogP contribution in [0.4, 0.5) is 23.7 Å². The van der Waals surface area contributed by atoms with Crippen LogP contribution in [0.2, 0.25) is 0 Å². The molecule has 38 heavy (non-hydrogen) atoms. The van der Waals surface area contributed by atoms with Crippen LogP contribution < -0.4 is 4.90 Å². The molecule has 1 aliphatic heterocycles. The lowest BCUT2D eigenvalue weighted by atomic mass is 9.95. The van der Waals surface area contributed by atoms with E-state index in [0.29, 0.717) is 31.5 Å². The van der Waals surface area contributed by atoms with Gasteiger partial charge in [-0.1, -0.05) is 30.3 Å². The fraction of sp³-hybridized carbons (Fsp3) is 0.407. The molecule has 0 saturated carbocycles. The van der Waals surface area contributed by atoms with Crippen molar-refractivity contribution in [2.75, 3.05) is 18.0 Å². The Labute approximate surface area is 218 Å². The third-order valence-electron chi connectivity index (χ3n) is 6.04. The standard InChI is InChI=1S/C27H29F3N4O4/c1-26(2,3)38-25(36)33-15-13-20(14-16-33)23(35)34(21-7-5-4-6-8-21)17-18-9-11-19(12-10-18)22-31-32-24(37-22)27(28,29)30/h4-12,20H,13-17H2,1-3H3. The lowest BCUT2D eigenvalue weighted by Gasteiger charge is -2.35. The second kappa shape index (κ2) is 10.8. The first-order valence-electron chi connectivity index (χ1n) is 12.2. The molecular weight excluding hydrogens is 501 g/mol. The summed E-state index contributed by atoms with van der Waals surface area (Å²) in [5, 5.41) is 6.54. The number of halogens is 3. The molecule has 1 aromatic heterocycles. The molecule has 1 aliphatic rings. The van der Waals surface area contributed by atoms with Gasteiger partial charge in [0.15, 0.2) is 0 Å². The minimum absolute atomic E-state index is 0.0594. The molecule has 3 aromatic rings. The summed E-state index contributed by atoms with van der Waals surface area (Å²) in [6, 6.07) is 15.8. The van der Waals surface area contributed by atoms with E-state index in [4.69, 9.17) is 9.15 Å². The summed E-state index contributed by atoms with van der Waals surface area (Å²) in [6.45, 7) is 6.54. The number of hydrogen-bond donors (Lipinski definition) is 0. The summed E-state index contributed by atoms with van der Waals surface area (Å²) < 4.78 is 48.5. The number of amides is 2. The lowest BCUT2D eigenvalue weighted by Crippen LogP contribution is -2.45. The first-order valence-corrected chi connectivity index (χ1v) is 12.2. The van der Waals surface area contributed by atoms with Gasteiger partial charge in [0.25, 0.3) is 0 Å². The van der Waals surface area contributed by atoms with E-state index in [1.54, 1.807) is 34.1 Å². The van der Waals surface area contributed by atoms with Gasteiger partial charge in [-0.2, -0.15) is 13.2 Å². The molecule has 1 saturated heterocycles. The van der Waals surface area contributed by atoms with E-state index in [2.05, 4.69) is 10.2 Å². The summed E-state index contributed by atoms with van der Waals surface area (Å²) in [7, 11) is 0. The SMILES string of the molecule is CC(C)(C)OC(=O)N1CCC(C(=O)N(Cc2ccc(-c3nnc(C(F)(F)F)o3)cc2)c2ccccc2)CC1. The van der Waals surface area contributed by atoms with Gasteiger partial charge in [0.1, 0.15) is 5.60 Å². The lowest BCUT2D eigenvalue weighted by molar-refractivity contribution is -0.157. The van der Waals surface area contributed by atoms with Gasteiger partial charge in [-0.3, -0.25) is 4.79 Å². The molecule has 2 aromatic carbocycles. The Hall–Kier alpha value is -3.89. The number of carbonyl (C=O) groups excluding carboxylic acids is 2. The molecule has 2 amide bonds. The highest BCUT2D eigenvalue weighted by molar-refractivity contribution is 5.95. The van der Waals surface area contributed by atoms with Gasteiger partial charge in [-0.05, 0) is 63.4 Å². The number of para-hydroxylation sites is 1. The maximum atomic E-state index is 13.6. The number of carbonyl (C=O) groups is 2. The van der Waals surface area contributed by atoms with Gasteiger partial charge in [0.05, 0.1) is 6.54 Å². The van der Waals surface area contributed by atoms with E-state index in [-0.39, 0.29) is 30.4 Å². The first-order chi connectivity index (χ1) is 17.9. The van der Waals surface area contributed by atoms with Crippen molar-refractivity contribution in [3.8, 4) is 11.5 Å². The molecule has 11 heteroatoms. The zero-order valence-corrected chi connectivity index (χ0v) is 21.4. The van der Waals surface area contributed by atoms with Crippen LogP contribution in [0.1, 0.15) is 45.1 Å². The average Bonchev–Trinajstić information content (AvgIpc) is 3.38. The molecule has 0 bridgehead atoms. The highest BCUT2D eigenvalue weighted by Crippen LogP contribution is 2.31. The van der Waals surface area contributed by atoms with Crippen molar-refractivity contribution < 1.29 is 31.9 Å². The molecule has 0 atom stereocenters. The minimum atomic E-state index is -4.72. The van der Waals surface area contributed by atoms with Gasteiger partial charge in [0.2, 0.25) is 11.8 Å². The van der Waals surface area contributed by atoms with Crippen molar-refractivity contribution >= 4 is 17.7 Å². The molecule has 0 unspecified atom stereocenters. The quantitative estimate of drug-likeness (QED) is 0.406. The number of alkyl halides is 3. The van der Waals surface area contributed by atoms with Crippen molar-refractivity contribution in [2.24, 2.45) is 5.92 Å². The van der Waals surface area contributed by atoms with Crippen molar-refractivity contribution in [3.05, 3.63) is 66.1 Å². The topological polar surface area (TPSA) is 88.8 Å². The van der Waals surface area contributed by atoms with Crippen LogP contribution >= 0.6 is 0 Å². The summed E-state index contributed by atoms with van der Waals surface area (Å²) in [4.78, 5) is 29.4.